The number of benzene rings is 1. The fraction of sp³-hybridized carbons (Fsp3) is 0.421. The molecule has 0 saturated carbocycles. The van der Waals surface area contributed by atoms with E-state index in [0.29, 0.717) is 18.0 Å². The van der Waals surface area contributed by atoms with Crippen molar-refractivity contribution in [3.63, 3.8) is 0 Å². The van der Waals surface area contributed by atoms with Crippen molar-refractivity contribution in [2.75, 3.05) is 33.3 Å². The van der Waals surface area contributed by atoms with Gasteiger partial charge in [0.15, 0.2) is 11.4 Å². The molecule has 2 rings (SSSR count). The van der Waals surface area contributed by atoms with Crippen LogP contribution < -0.4 is 15.6 Å². The van der Waals surface area contributed by atoms with Gasteiger partial charge < -0.3 is 20.1 Å². The van der Waals surface area contributed by atoms with Crippen LogP contribution in [-0.4, -0.2) is 59.0 Å². The zero-order valence-electron chi connectivity index (χ0n) is 15.9. The lowest BCUT2D eigenvalue weighted by atomic mass is 10.2. The summed E-state index contributed by atoms with van der Waals surface area (Å²) in [5.74, 6) is -0.550. The summed E-state index contributed by atoms with van der Waals surface area (Å²) in [6.45, 7) is 7.40. The summed E-state index contributed by atoms with van der Waals surface area (Å²) in [5.41, 5.74) is -0.376. The Morgan fingerprint density at radius 2 is 2.00 bits per heavy atom. The molecule has 0 atom stereocenters. The van der Waals surface area contributed by atoms with Gasteiger partial charge in [0.05, 0.1) is 7.11 Å². The number of carbonyl (C=O) groups excluding carboxylic acids is 1. The lowest BCUT2D eigenvalue weighted by Gasteiger charge is -2.17. The molecule has 146 valence electrons. The number of nitrogens with zero attached hydrogens (tertiary/aromatic N) is 3. The van der Waals surface area contributed by atoms with Crippen LogP contribution in [0.3, 0.4) is 0 Å². The molecule has 8 heteroatoms. The summed E-state index contributed by atoms with van der Waals surface area (Å²) < 4.78 is 6.29. The molecule has 2 N–H and O–H groups in total. The van der Waals surface area contributed by atoms with E-state index in [2.05, 4.69) is 29.2 Å². The van der Waals surface area contributed by atoms with E-state index in [0.717, 1.165) is 36.8 Å². The summed E-state index contributed by atoms with van der Waals surface area (Å²) in [5, 5.41) is 16.8. The molecule has 0 aliphatic rings. The molecule has 0 spiro atoms. The molecule has 1 aromatic heterocycles. The predicted molar refractivity (Wildman–Crippen MR) is 103 cm³/mol. The molecule has 1 heterocycles. The van der Waals surface area contributed by atoms with Gasteiger partial charge >= 0.3 is 0 Å². The van der Waals surface area contributed by atoms with Crippen molar-refractivity contribution in [1.29, 1.82) is 0 Å². The first-order valence-electron chi connectivity index (χ1n) is 8.99. The third-order valence-corrected chi connectivity index (χ3v) is 4.27. The SMILES string of the molecule is CCN(CC)CCCNC(=O)c1nn(-c2ccccc2OC)c(=O)cc1O. The normalized spacial score (nSPS) is 10.8. The molecule has 2 aromatic rings. The van der Waals surface area contributed by atoms with Crippen LogP contribution in [0.5, 0.6) is 11.5 Å². The molecular formula is C19H26N4O4. The van der Waals surface area contributed by atoms with Gasteiger partial charge in [-0.2, -0.15) is 9.78 Å². The first-order valence-corrected chi connectivity index (χ1v) is 8.99. The van der Waals surface area contributed by atoms with E-state index in [1.807, 2.05) is 0 Å². The van der Waals surface area contributed by atoms with Gasteiger partial charge in [0.2, 0.25) is 0 Å². The van der Waals surface area contributed by atoms with E-state index in [-0.39, 0.29) is 5.69 Å². The van der Waals surface area contributed by atoms with Crippen molar-refractivity contribution in [3.8, 4) is 17.2 Å². The minimum Gasteiger partial charge on any atom is -0.505 e. The van der Waals surface area contributed by atoms with E-state index in [4.69, 9.17) is 4.74 Å². The van der Waals surface area contributed by atoms with Gasteiger partial charge in [-0.25, -0.2) is 0 Å². The summed E-state index contributed by atoms with van der Waals surface area (Å²) in [4.78, 5) is 26.9. The second-order valence-electron chi connectivity index (χ2n) is 5.94. The molecule has 0 aliphatic carbocycles. The average molecular weight is 374 g/mol. The van der Waals surface area contributed by atoms with Gasteiger partial charge in [0.1, 0.15) is 11.4 Å². The molecule has 0 aliphatic heterocycles. The van der Waals surface area contributed by atoms with Crippen molar-refractivity contribution in [3.05, 3.63) is 46.4 Å². The summed E-state index contributed by atoms with van der Waals surface area (Å²) in [6, 6.07) is 7.80. The molecule has 1 aromatic carbocycles. The van der Waals surface area contributed by atoms with Gasteiger partial charge in [-0.15, -0.1) is 0 Å². The van der Waals surface area contributed by atoms with Crippen molar-refractivity contribution in [2.45, 2.75) is 20.3 Å². The Morgan fingerprint density at radius 3 is 2.67 bits per heavy atom. The molecule has 27 heavy (non-hydrogen) atoms. The highest BCUT2D eigenvalue weighted by atomic mass is 16.5. The number of hydrogen-bond acceptors (Lipinski definition) is 6. The Labute approximate surface area is 158 Å². The highest BCUT2D eigenvalue weighted by molar-refractivity contribution is 5.94. The van der Waals surface area contributed by atoms with E-state index >= 15 is 0 Å². The Morgan fingerprint density at radius 1 is 1.30 bits per heavy atom. The number of aromatic hydroxyl groups is 1. The second-order valence-corrected chi connectivity index (χ2v) is 5.94. The smallest absolute Gasteiger partial charge is 0.275 e. The van der Waals surface area contributed by atoms with Crippen molar-refractivity contribution >= 4 is 5.91 Å². The zero-order valence-corrected chi connectivity index (χ0v) is 15.9. The first kappa shape index (κ1) is 20.4. The first-order chi connectivity index (χ1) is 13.0. The number of amides is 1. The van der Waals surface area contributed by atoms with Crippen LogP contribution in [0, 0.1) is 0 Å². The maximum absolute atomic E-state index is 12.4. The number of rotatable bonds is 9. The Hall–Kier alpha value is -2.87. The lowest BCUT2D eigenvalue weighted by molar-refractivity contribution is 0.0942. The van der Waals surface area contributed by atoms with Gasteiger partial charge in [-0.1, -0.05) is 26.0 Å². The third-order valence-electron chi connectivity index (χ3n) is 4.27. The molecule has 0 radical (unpaired) electrons. The fourth-order valence-corrected chi connectivity index (χ4v) is 2.71. The molecular weight excluding hydrogens is 348 g/mol. The molecule has 0 bridgehead atoms. The fourth-order valence-electron chi connectivity index (χ4n) is 2.71. The largest absolute Gasteiger partial charge is 0.505 e. The van der Waals surface area contributed by atoms with Crippen molar-refractivity contribution in [2.24, 2.45) is 0 Å². The molecule has 0 saturated heterocycles. The standard InChI is InChI=1S/C19H26N4O4/c1-4-22(5-2)12-8-11-20-19(26)18-15(24)13-17(25)23(21-18)14-9-6-7-10-16(14)27-3/h6-7,9-10,13,24H,4-5,8,11-12H2,1-3H3,(H,20,26). The summed E-state index contributed by atoms with van der Waals surface area (Å²) in [6.07, 6.45) is 0.778. The zero-order chi connectivity index (χ0) is 19.8. The lowest BCUT2D eigenvalue weighted by Crippen LogP contribution is -2.32. The molecule has 0 unspecified atom stereocenters. The summed E-state index contributed by atoms with van der Waals surface area (Å²) >= 11 is 0. The van der Waals surface area contributed by atoms with Crippen LogP contribution in [0.25, 0.3) is 5.69 Å². The highest BCUT2D eigenvalue weighted by Gasteiger charge is 2.18. The Kier molecular flexibility index (Phi) is 7.36. The van der Waals surface area contributed by atoms with E-state index in [9.17, 15) is 14.7 Å². The maximum Gasteiger partial charge on any atom is 0.275 e. The quantitative estimate of drug-likeness (QED) is 0.644. The van der Waals surface area contributed by atoms with Gasteiger partial charge in [0.25, 0.3) is 11.5 Å². The van der Waals surface area contributed by atoms with Crippen molar-refractivity contribution in [1.82, 2.24) is 20.0 Å². The monoisotopic (exact) mass is 374 g/mol. The number of carbonyl (C=O) groups is 1. The van der Waals surface area contributed by atoms with Gasteiger partial charge in [-0.3, -0.25) is 9.59 Å². The number of methoxy groups -OCH3 is 1. The summed E-state index contributed by atoms with van der Waals surface area (Å²) in [7, 11) is 1.48. The minimum atomic E-state index is -0.560. The van der Waals surface area contributed by atoms with Crippen LogP contribution >= 0.6 is 0 Å². The molecule has 8 nitrogen and oxygen atoms in total. The van der Waals surface area contributed by atoms with E-state index in [1.54, 1.807) is 24.3 Å². The Bertz CT molecular complexity index is 831. The van der Waals surface area contributed by atoms with Crippen LogP contribution in [-0.2, 0) is 0 Å². The van der Waals surface area contributed by atoms with Crippen LogP contribution in [0.4, 0.5) is 0 Å². The number of hydrogen-bond donors (Lipinski definition) is 2. The van der Waals surface area contributed by atoms with Gasteiger partial charge in [0, 0.05) is 12.6 Å². The topological polar surface area (TPSA) is 96.7 Å². The Balaban J connectivity index is 2.18. The second kappa shape index (κ2) is 9.72. The van der Waals surface area contributed by atoms with Crippen molar-refractivity contribution < 1.29 is 14.6 Å². The number of ether oxygens (including phenoxy) is 1. The molecule has 1 amide bonds. The minimum absolute atomic E-state index is 0.205. The maximum atomic E-state index is 12.4. The predicted octanol–water partition coefficient (Wildman–Crippen LogP) is 1.41. The third kappa shape index (κ3) is 5.07. The number of para-hydroxylation sites is 2. The molecule has 0 fully saturated rings. The van der Waals surface area contributed by atoms with Gasteiger partial charge in [-0.05, 0) is 38.2 Å². The van der Waals surface area contributed by atoms with E-state index < -0.39 is 17.2 Å². The number of nitrogens with one attached hydrogen (secondary N) is 1. The highest BCUT2D eigenvalue weighted by Crippen LogP contribution is 2.21. The average Bonchev–Trinajstić information content (AvgIpc) is 2.68. The van der Waals surface area contributed by atoms with Crippen LogP contribution in [0.1, 0.15) is 30.8 Å². The van der Waals surface area contributed by atoms with Crippen LogP contribution in [0.2, 0.25) is 0 Å². The van der Waals surface area contributed by atoms with Crippen LogP contribution in [0.15, 0.2) is 35.1 Å². The van der Waals surface area contributed by atoms with E-state index in [1.165, 1.54) is 7.11 Å². The number of aromatic nitrogens is 2.